The van der Waals surface area contributed by atoms with Crippen LogP contribution >= 0.6 is 23.4 Å². The van der Waals surface area contributed by atoms with Crippen LogP contribution in [-0.2, 0) is 9.84 Å². The van der Waals surface area contributed by atoms with E-state index in [1.165, 1.54) is 31.0 Å². The number of hydrogen-bond acceptors (Lipinski definition) is 6. The third-order valence-corrected chi connectivity index (χ3v) is 9.20. The maximum Gasteiger partial charge on any atom is 0.251 e. The Hall–Kier alpha value is -1.25. The lowest BCUT2D eigenvalue weighted by Gasteiger charge is -2.21. The van der Waals surface area contributed by atoms with Crippen molar-refractivity contribution in [3.8, 4) is 0 Å². The number of nitrogens with zero attached hydrogens (tertiary/aromatic N) is 1. The Morgan fingerprint density at radius 1 is 1.10 bits per heavy atom. The summed E-state index contributed by atoms with van der Waals surface area (Å²) in [7, 11) is -2.98. The molecule has 6 nitrogen and oxygen atoms in total. The molecule has 9 heteroatoms. The molecule has 29 heavy (non-hydrogen) atoms. The van der Waals surface area contributed by atoms with E-state index in [4.69, 9.17) is 11.6 Å². The molecule has 1 aromatic carbocycles. The van der Waals surface area contributed by atoms with E-state index in [1.54, 1.807) is 18.2 Å². The smallest absolute Gasteiger partial charge is 0.251 e. The summed E-state index contributed by atoms with van der Waals surface area (Å²) in [5.41, 5.74) is 1.18. The molecule has 4 rings (SSSR count). The number of thioether (sulfide) groups is 1. The summed E-state index contributed by atoms with van der Waals surface area (Å²) in [5, 5.41) is 7.49. The van der Waals surface area contributed by atoms with Crippen LogP contribution in [0.1, 0.15) is 55.3 Å². The van der Waals surface area contributed by atoms with Crippen LogP contribution in [0.4, 0.5) is 5.69 Å². The fourth-order valence-electron chi connectivity index (χ4n) is 4.16. The van der Waals surface area contributed by atoms with Gasteiger partial charge < -0.3 is 10.6 Å². The Morgan fingerprint density at radius 2 is 1.83 bits per heavy atom. The number of amides is 1. The number of amidine groups is 1. The number of benzene rings is 1. The van der Waals surface area contributed by atoms with Gasteiger partial charge in [-0.25, -0.2) is 8.42 Å². The van der Waals surface area contributed by atoms with E-state index in [0.29, 0.717) is 21.4 Å². The Morgan fingerprint density at radius 3 is 2.55 bits per heavy atom. The van der Waals surface area contributed by atoms with Crippen molar-refractivity contribution in [2.24, 2.45) is 4.99 Å². The normalized spacial score (nSPS) is 26.9. The Labute approximate surface area is 181 Å². The first-order valence-corrected chi connectivity index (χ1v) is 13.3. The summed E-state index contributed by atoms with van der Waals surface area (Å²) in [4.78, 5) is 17.3. The standard InChI is InChI=1S/C20H26ClN3O3S2/c21-15-9-8-13(19(25)22-14-6-4-2-1-3-5-7-14)10-16(15)23-20-24-17-11-29(26,27)12-18(17)28-20/h8-10,14,17-18H,1-7,11-12H2,(H,22,25)(H,23,24)/t17-,18+/m1/s1. The number of carbonyl (C=O) groups excluding carboxylic acids is 1. The first-order valence-electron chi connectivity index (χ1n) is 10.2. The average molecular weight is 456 g/mol. The summed E-state index contributed by atoms with van der Waals surface area (Å²) < 4.78 is 23.4. The van der Waals surface area contributed by atoms with E-state index in [-0.39, 0.29) is 34.7 Å². The molecule has 2 fully saturated rings. The molecule has 1 aromatic rings. The minimum absolute atomic E-state index is 0.0351. The maximum absolute atomic E-state index is 12.8. The average Bonchev–Trinajstić information content (AvgIpc) is 3.11. The van der Waals surface area contributed by atoms with Crippen molar-refractivity contribution in [3.63, 3.8) is 0 Å². The number of anilines is 1. The zero-order chi connectivity index (χ0) is 20.4. The lowest BCUT2D eigenvalue weighted by Crippen LogP contribution is -2.35. The molecule has 1 saturated heterocycles. The predicted octanol–water partition coefficient (Wildman–Crippen LogP) is 3.86. The Balaban J connectivity index is 1.42. The molecule has 2 aliphatic heterocycles. The molecular weight excluding hydrogens is 430 g/mol. The van der Waals surface area contributed by atoms with E-state index >= 15 is 0 Å². The highest BCUT2D eigenvalue weighted by atomic mass is 35.5. The zero-order valence-corrected chi connectivity index (χ0v) is 18.6. The topological polar surface area (TPSA) is 87.6 Å². The van der Waals surface area contributed by atoms with Crippen LogP contribution in [0.15, 0.2) is 23.2 Å². The zero-order valence-electron chi connectivity index (χ0n) is 16.2. The lowest BCUT2D eigenvalue weighted by molar-refractivity contribution is 0.0930. The van der Waals surface area contributed by atoms with Gasteiger partial charge in [-0.1, -0.05) is 55.5 Å². The van der Waals surface area contributed by atoms with Crippen molar-refractivity contribution in [2.45, 2.75) is 62.3 Å². The molecule has 3 aliphatic rings. The van der Waals surface area contributed by atoms with Crippen molar-refractivity contribution in [3.05, 3.63) is 28.8 Å². The van der Waals surface area contributed by atoms with E-state index in [2.05, 4.69) is 15.6 Å². The highest BCUT2D eigenvalue weighted by molar-refractivity contribution is 8.15. The number of fused-ring (bicyclic) bond motifs is 1. The molecule has 1 saturated carbocycles. The van der Waals surface area contributed by atoms with E-state index < -0.39 is 9.84 Å². The number of aliphatic imine (C=N–C) groups is 1. The number of rotatable bonds is 3. The fourth-order valence-corrected chi connectivity index (χ4v) is 8.00. The van der Waals surface area contributed by atoms with Gasteiger partial charge in [0.1, 0.15) is 0 Å². The van der Waals surface area contributed by atoms with Gasteiger partial charge in [0, 0.05) is 16.9 Å². The van der Waals surface area contributed by atoms with Crippen molar-refractivity contribution < 1.29 is 13.2 Å². The van der Waals surface area contributed by atoms with Crippen LogP contribution in [0.3, 0.4) is 0 Å². The second kappa shape index (κ2) is 8.86. The lowest BCUT2D eigenvalue weighted by atomic mass is 9.96. The summed E-state index contributed by atoms with van der Waals surface area (Å²) in [6.45, 7) is 0. The fraction of sp³-hybridized carbons (Fsp3) is 0.600. The van der Waals surface area contributed by atoms with Gasteiger partial charge >= 0.3 is 0 Å². The number of hydrogen-bond donors (Lipinski definition) is 2. The van der Waals surface area contributed by atoms with Gasteiger partial charge in [0.15, 0.2) is 15.0 Å². The maximum atomic E-state index is 12.8. The molecule has 1 aliphatic carbocycles. The van der Waals surface area contributed by atoms with Crippen molar-refractivity contribution in [1.29, 1.82) is 0 Å². The van der Waals surface area contributed by atoms with Crippen molar-refractivity contribution in [2.75, 3.05) is 16.8 Å². The summed E-state index contributed by atoms with van der Waals surface area (Å²) in [6.07, 6.45) is 8.16. The Kier molecular flexibility index (Phi) is 6.41. The number of halogens is 1. The minimum Gasteiger partial charge on any atom is -0.349 e. The van der Waals surface area contributed by atoms with Crippen LogP contribution in [0.25, 0.3) is 0 Å². The van der Waals surface area contributed by atoms with Gasteiger partial charge in [0.05, 0.1) is 28.3 Å². The van der Waals surface area contributed by atoms with E-state index in [0.717, 1.165) is 25.7 Å². The summed E-state index contributed by atoms with van der Waals surface area (Å²) >= 11 is 7.76. The molecule has 2 N–H and O–H groups in total. The number of carbonyl (C=O) groups is 1. The van der Waals surface area contributed by atoms with Gasteiger partial charge in [0.2, 0.25) is 0 Å². The highest BCUT2D eigenvalue weighted by Gasteiger charge is 2.42. The van der Waals surface area contributed by atoms with Crippen molar-refractivity contribution >= 4 is 50.0 Å². The van der Waals surface area contributed by atoms with Gasteiger partial charge in [0.25, 0.3) is 5.91 Å². The largest absolute Gasteiger partial charge is 0.349 e. The van der Waals surface area contributed by atoms with Gasteiger partial charge in [-0.3, -0.25) is 9.79 Å². The first kappa shape index (κ1) is 21.0. The molecule has 158 valence electrons. The third kappa shape index (κ3) is 5.27. The number of nitrogens with one attached hydrogen (secondary N) is 2. The molecule has 0 radical (unpaired) electrons. The van der Waals surface area contributed by atoms with E-state index in [1.807, 2.05) is 0 Å². The SMILES string of the molecule is O=C(NC1CCCCCCC1)c1ccc(Cl)c(NC2=N[C@@H]3CS(=O)(=O)C[C@@H]3S2)c1. The highest BCUT2D eigenvalue weighted by Crippen LogP contribution is 2.35. The van der Waals surface area contributed by atoms with Crippen molar-refractivity contribution in [1.82, 2.24) is 5.32 Å². The van der Waals surface area contributed by atoms with Crippen LogP contribution in [0.5, 0.6) is 0 Å². The first-order chi connectivity index (χ1) is 13.9. The van der Waals surface area contributed by atoms with Crippen LogP contribution in [0, 0.1) is 0 Å². The third-order valence-electron chi connectivity index (χ3n) is 5.73. The van der Waals surface area contributed by atoms with Gasteiger partial charge in [-0.05, 0) is 31.0 Å². The minimum atomic E-state index is -2.98. The van der Waals surface area contributed by atoms with E-state index in [9.17, 15) is 13.2 Å². The second-order valence-electron chi connectivity index (χ2n) is 8.07. The van der Waals surface area contributed by atoms with Gasteiger partial charge in [-0.2, -0.15) is 0 Å². The summed E-state index contributed by atoms with van der Waals surface area (Å²) in [6, 6.07) is 5.22. The molecule has 2 atom stereocenters. The number of sulfone groups is 1. The van der Waals surface area contributed by atoms with Crippen LogP contribution in [-0.4, -0.2) is 48.3 Å². The molecule has 2 heterocycles. The molecular formula is C20H26ClN3O3S2. The molecule has 0 aromatic heterocycles. The van der Waals surface area contributed by atoms with Gasteiger partial charge in [-0.15, -0.1) is 0 Å². The quantitative estimate of drug-likeness (QED) is 0.722. The second-order valence-corrected chi connectivity index (χ2v) is 11.9. The molecule has 0 spiro atoms. The molecule has 1 amide bonds. The Bertz CT molecular complexity index is 912. The van der Waals surface area contributed by atoms with Crippen LogP contribution < -0.4 is 10.6 Å². The predicted molar refractivity (Wildman–Crippen MR) is 120 cm³/mol. The van der Waals surface area contributed by atoms with Crippen LogP contribution in [0.2, 0.25) is 5.02 Å². The monoisotopic (exact) mass is 455 g/mol. The summed E-state index contributed by atoms with van der Waals surface area (Å²) in [5.74, 6) is 0.182. The molecule has 0 unspecified atom stereocenters. The molecule has 0 bridgehead atoms.